The maximum Gasteiger partial charge on any atom is 0.123 e. The molecule has 3 aromatic rings. The van der Waals surface area contributed by atoms with Gasteiger partial charge in [0.15, 0.2) is 0 Å². The van der Waals surface area contributed by atoms with E-state index < -0.39 is 0 Å². The minimum atomic E-state index is 0.108. The molecule has 1 fully saturated rings. The third-order valence-corrected chi connectivity index (χ3v) is 7.20. The largest absolute Gasteiger partial charge is 0.508 e. The first-order chi connectivity index (χ1) is 16.8. The van der Waals surface area contributed by atoms with Crippen molar-refractivity contribution in [3.05, 3.63) is 89.5 Å². The highest BCUT2D eigenvalue weighted by molar-refractivity contribution is 5.51. The van der Waals surface area contributed by atoms with Crippen LogP contribution in [-0.4, -0.2) is 42.9 Å². The summed E-state index contributed by atoms with van der Waals surface area (Å²) in [7, 11) is 0. The van der Waals surface area contributed by atoms with E-state index in [9.17, 15) is 5.11 Å². The first-order valence-corrected chi connectivity index (χ1v) is 12.7. The molecule has 4 nitrogen and oxygen atoms in total. The summed E-state index contributed by atoms with van der Waals surface area (Å²) in [5.41, 5.74) is 3.49. The van der Waals surface area contributed by atoms with Crippen molar-refractivity contribution in [3.8, 4) is 17.2 Å². The summed E-state index contributed by atoms with van der Waals surface area (Å²) in [6.45, 7) is 5.09. The van der Waals surface area contributed by atoms with Crippen LogP contribution in [0.3, 0.4) is 0 Å². The molecule has 34 heavy (non-hydrogen) atoms. The lowest BCUT2D eigenvalue weighted by Gasteiger charge is -2.34. The lowest BCUT2D eigenvalue weighted by molar-refractivity contribution is 0.216. The summed E-state index contributed by atoms with van der Waals surface area (Å²) in [6.07, 6.45) is 6.37. The second-order valence-electron chi connectivity index (χ2n) is 9.55. The van der Waals surface area contributed by atoms with Crippen LogP contribution in [0.15, 0.2) is 72.8 Å². The van der Waals surface area contributed by atoms with Crippen LogP contribution in [0.25, 0.3) is 0 Å². The molecule has 0 spiro atoms. The van der Waals surface area contributed by atoms with Crippen LogP contribution in [0.1, 0.15) is 60.6 Å². The molecule has 1 N–H and O–H groups in total. The molecule has 0 bridgehead atoms. The SMILES string of the molecule is Oc1ccc2c(c1)[C@@H](c1ccc(OCCCCN3CCCCC3)cc1)[C@H](c1ccccc1)CO2. The quantitative estimate of drug-likeness (QED) is 0.401. The number of hydrogen-bond donors (Lipinski definition) is 1. The molecule has 1 saturated heterocycles. The fourth-order valence-electron chi connectivity index (χ4n) is 5.39. The number of benzene rings is 3. The molecular weight excluding hydrogens is 422 g/mol. The van der Waals surface area contributed by atoms with Gasteiger partial charge in [0.25, 0.3) is 0 Å². The number of hydrogen-bond acceptors (Lipinski definition) is 4. The van der Waals surface area contributed by atoms with Gasteiger partial charge < -0.3 is 19.5 Å². The van der Waals surface area contributed by atoms with Gasteiger partial charge in [-0.2, -0.15) is 0 Å². The molecule has 0 unspecified atom stereocenters. The van der Waals surface area contributed by atoms with Crippen molar-refractivity contribution in [2.45, 2.75) is 43.9 Å². The molecular formula is C30H35NO3. The summed E-state index contributed by atoms with van der Waals surface area (Å²) in [5.74, 6) is 2.32. The van der Waals surface area contributed by atoms with Gasteiger partial charge in [0.2, 0.25) is 0 Å². The van der Waals surface area contributed by atoms with Gasteiger partial charge in [0.05, 0.1) is 13.2 Å². The first-order valence-electron chi connectivity index (χ1n) is 12.7. The lowest BCUT2D eigenvalue weighted by atomic mass is 9.76. The highest BCUT2D eigenvalue weighted by Crippen LogP contribution is 2.47. The Kier molecular flexibility index (Phi) is 7.35. The Morgan fingerprint density at radius 1 is 0.853 bits per heavy atom. The monoisotopic (exact) mass is 457 g/mol. The maximum atomic E-state index is 10.2. The molecule has 0 aliphatic carbocycles. The van der Waals surface area contributed by atoms with Crippen LogP contribution in [0, 0.1) is 0 Å². The van der Waals surface area contributed by atoms with Gasteiger partial charge in [-0.05, 0) is 86.8 Å². The van der Waals surface area contributed by atoms with E-state index in [1.807, 2.05) is 18.2 Å². The maximum absolute atomic E-state index is 10.2. The Labute approximate surface area is 203 Å². The molecule has 0 saturated carbocycles. The predicted molar refractivity (Wildman–Crippen MR) is 136 cm³/mol. The Hall–Kier alpha value is -2.98. The Bertz CT molecular complexity index is 1040. The predicted octanol–water partition coefficient (Wildman–Crippen LogP) is 6.35. The number of unbranched alkanes of at least 4 members (excludes halogenated alkanes) is 1. The molecule has 2 heterocycles. The summed E-state index contributed by atoms with van der Waals surface area (Å²) in [4.78, 5) is 2.59. The molecule has 2 aliphatic heterocycles. The highest BCUT2D eigenvalue weighted by atomic mass is 16.5. The third kappa shape index (κ3) is 5.39. The normalized spacial score (nSPS) is 20.4. The second-order valence-corrected chi connectivity index (χ2v) is 9.55. The minimum Gasteiger partial charge on any atom is -0.508 e. The topological polar surface area (TPSA) is 41.9 Å². The average Bonchev–Trinajstić information content (AvgIpc) is 2.89. The molecule has 178 valence electrons. The van der Waals surface area contributed by atoms with E-state index in [0.717, 1.165) is 30.1 Å². The Balaban J connectivity index is 1.26. The van der Waals surface area contributed by atoms with Crippen LogP contribution in [-0.2, 0) is 0 Å². The van der Waals surface area contributed by atoms with Crippen molar-refractivity contribution in [3.63, 3.8) is 0 Å². The molecule has 3 aromatic carbocycles. The van der Waals surface area contributed by atoms with Gasteiger partial charge >= 0.3 is 0 Å². The van der Waals surface area contributed by atoms with Gasteiger partial charge in [-0.1, -0.05) is 48.9 Å². The number of fused-ring (bicyclic) bond motifs is 1. The van der Waals surface area contributed by atoms with E-state index in [1.54, 1.807) is 6.07 Å². The van der Waals surface area contributed by atoms with Gasteiger partial charge in [-0.25, -0.2) is 0 Å². The Morgan fingerprint density at radius 2 is 1.65 bits per heavy atom. The minimum absolute atomic E-state index is 0.108. The van der Waals surface area contributed by atoms with Crippen LogP contribution in [0.2, 0.25) is 0 Å². The van der Waals surface area contributed by atoms with Crippen molar-refractivity contribution >= 4 is 0 Å². The van der Waals surface area contributed by atoms with E-state index in [4.69, 9.17) is 9.47 Å². The number of piperidine rings is 1. The van der Waals surface area contributed by atoms with E-state index in [1.165, 1.54) is 56.4 Å². The third-order valence-electron chi connectivity index (χ3n) is 7.20. The number of nitrogens with zero attached hydrogens (tertiary/aromatic N) is 1. The fourth-order valence-corrected chi connectivity index (χ4v) is 5.39. The standard InChI is InChI=1S/C30H35NO3/c32-25-13-16-29-27(21-25)30(28(22-34-29)23-9-3-1-4-10-23)24-11-14-26(15-12-24)33-20-8-7-19-31-17-5-2-6-18-31/h1,3-4,9-16,21,28,30,32H,2,5-8,17-20,22H2/t28-,30+/m0/s1. The average molecular weight is 458 g/mol. The van der Waals surface area contributed by atoms with Gasteiger partial charge in [-0.15, -0.1) is 0 Å². The van der Waals surface area contributed by atoms with E-state index in [-0.39, 0.29) is 17.6 Å². The molecule has 5 rings (SSSR count). The zero-order valence-electron chi connectivity index (χ0n) is 19.9. The zero-order chi connectivity index (χ0) is 23.2. The van der Waals surface area contributed by atoms with E-state index >= 15 is 0 Å². The van der Waals surface area contributed by atoms with Crippen molar-refractivity contribution in [1.82, 2.24) is 4.90 Å². The highest BCUT2D eigenvalue weighted by Gasteiger charge is 2.33. The van der Waals surface area contributed by atoms with Gasteiger partial charge in [0.1, 0.15) is 17.2 Å². The van der Waals surface area contributed by atoms with Gasteiger partial charge in [0, 0.05) is 17.4 Å². The van der Waals surface area contributed by atoms with Crippen molar-refractivity contribution in [2.75, 3.05) is 32.8 Å². The van der Waals surface area contributed by atoms with Crippen LogP contribution in [0.4, 0.5) is 0 Å². The summed E-state index contributed by atoms with van der Waals surface area (Å²) in [6, 6.07) is 24.4. The van der Waals surface area contributed by atoms with E-state index in [2.05, 4.69) is 53.4 Å². The fraction of sp³-hybridized carbons (Fsp3) is 0.400. The van der Waals surface area contributed by atoms with Crippen LogP contribution >= 0.6 is 0 Å². The van der Waals surface area contributed by atoms with Crippen molar-refractivity contribution < 1.29 is 14.6 Å². The molecule has 0 aromatic heterocycles. The summed E-state index contributed by atoms with van der Waals surface area (Å²) < 4.78 is 12.2. The molecule has 0 amide bonds. The van der Waals surface area contributed by atoms with Crippen LogP contribution < -0.4 is 9.47 Å². The second kappa shape index (κ2) is 11.0. The molecule has 4 heteroatoms. The molecule has 0 radical (unpaired) electrons. The number of phenolic OH excluding ortho intramolecular Hbond substituents is 1. The first kappa shape index (κ1) is 22.8. The molecule has 2 aliphatic rings. The number of phenols is 1. The molecule has 2 atom stereocenters. The number of likely N-dealkylation sites (tertiary alicyclic amines) is 1. The Morgan fingerprint density at radius 3 is 2.44 bits per heavy atom. The lowest BCUT2D eigenvalue weighted by Crippen LogP contribution is -2.30. The smallest absolute Gasteiger partial charge is 0.123 e. The van der Waals surface area contributed by atoms with Crippen molar-refractivity contribution in [2.24, 2.45) is 0 Å². The van der Waals surface area contributed by atoms with Crippen LogP contribution in [0.5, 0.6) is 17.2 Å². The number of aromatic hydroxyl groups is 1. The summed E-state index contributed by atoms with van der Waals surface area (Å²) in [5, 5.41) is 10.2. The summed E-state index contributed by atoms with van der Waals surface area (Å²) >= 11 is 0. The van der Waals surface area contributed by atoms with E-state index in [0.29, 0.717) is 6.61 Å². The van der Waals surface area contributed by atoms with Crippen molar-refractivity contribution in [1.29, 1.82) is 0 Å². The van der Waals surface area contributed by atoms with Gasteiger partial charge in [-0.3, -0.25) is 0 Å². The zero-order valence-corrected chi connectivity index (χ0v) is 19.9. The number of rotatable bonds is 8. The number of ether oxygens (including phenoxy) is 2.